The van der Waals surface area contributed by atoms with Crippen molar-refractivity contribution in [3.8, 4) is 11.4 Å². The fourth-order valence-corrected chi connectivity index (χ4v) is 4.02. The summed E-state index contributed by atoms with van der Waals surface area (Å²) in [6.07, 6.45) is -4.16. The van der Waals surface area contributed by atoms with E-state index >= 15 is 0 Å². The molecule has 142 valence electrons. The molecule has 2 rings (SSSR count). The van der Waals surface area contributed by atoms with Crippen LogP contribution in [0.5, 0.6) is 5.75 Å². The molecule has 1 heterocycles. The van der Waals surface area contributed by atoms with Gasteiger partial charge in [0, 0.05) is 16.8 Å². The molecule has 8 nitrogen and oxygen atoms in total. The lowest BCUT2D eigenvalue weighted by Crippen LogP contribution is -2.17. The van der Waals surface area contributed by atoms with Crippen LogP contribution in [0.1, 0.15) is 10.5 Å². The van der Waals surface area contributed by atoms with E-state index in [4.69, 9.17) is 23.1 Å². The van der Waals surface area contributed by atoms with Crippen molar-refractivity contribution in [2.45, 2.75) is 11.3 Å². The van der Waals surface area contributed by atoms with Crippen LogP contribution in [-0.4, -0.2) is 36.7 Å². The lowest BCUT2D eigenvalue weighted by Gasteiger charge is -2.13. The summed E-state index contributed by atoms with van der Waals surface area (Å²) in [4.78, 5) is 10.9. The lowest BCUT2D eigenvalue weighted by molar-refractivity contribution is -0.274. The molecule has 0 aliphatic rings. The Balaban J connectivity index is 2.72. The molecule has 26 heavy (non-hydrogen) atoms. The Morgan fingerprint density at radius 3 is 2.35 bits per heavy atom. The molecule has 2 aromatic rings. The van der Waals surface area contributed by atoms with E-state index in [1.165, 1.54) is 0 Å². The Bertz CT molecular complexity index is 984. The largest absolute Gasteiger partial charge is 0.573 e. The number of amides is 1. The number of nitrogens with two attached hydrogens (primary N) is 2. The number of hydrogen-bond acceptors (Lipinski definition) is 6. The average molecular weight is 478 g/mol. The summed E-state index contributed by atoms with van der Waals surface area (Å²) in [5, 5.41) is 3.42. The number of primary amides is 1. The summed E-state index contributed by atoms with van der Waals surface area (Å²) >= 11 is 8.95. The van der Waals surface area contributed by atoms with Gasteiger partial charge in [-0.25, -0.2) is 13.1 Å². The number of carbonyl (C=O) groups excluding carboxylic acids is 1. The van der Waals surface area contributed by atoms with Crippen LogP contribution >= 0.6 is 27.5 Å². The third-order valence-corrected chi connectivity index (χ3v) is 4.95. The molecule has 0 aliphatic carbocycles. The van der Waals surface area contributed by atoms with Crippen molar-refractivity contribution in [3.05, 3.63) is 27.3 Å². The van der Waals surface area contributed by atoms with Crippen LogP contribution in [0, 0.1) is 0 Å². The number of nitrogen functional groups attached to an aromatic ring is 1. The highest BCUT2D eigenvalue weighted by Gasteiger charge is 2.33. The summed E-state index contributed by atoms with van der Waals surface area (Å²) < 4.78 is 65.2. The van der Waals surface area contributed by atoms with E-state index in [-0.39, 0.29) is 15.2 Å². The fraction of sp³-hybridized carbons (Fsp3) is 0.167. The zero-order valence-electron chi connectivity index (χ0n) is 12.6. The molecule has 1 aromatic carbocycles. The van der Waals surface area contributed by atoms with E-state index in [2.05, 4.69) is 25.8 Å². The van der Waals surface area contributed by atoms with Gasteiger partial charge in [-0.1, -0.05) is 11.6 Å². The number of nitrogens with zero attached hydrogens (tertiary/aromatic N) is 2. The Labute approximate surface area is 157 Å². The van der Waals surface area contributed by atoms with Gasteiger partial charge in [0.25, 0.3) is 5.91 Å². The summed E-state index contributed by atoms with van der Waals surface area (Å²) in [6.45, 7) is 0. The Morgan fingerprint density at radius 2 is 1.96 bits per heavy atom. The maximum Gasteiger partial charge on any atom is 0.573 e. The van der Waals surface area contributed by atoms with Gasteiger partial charge in [-0.2, -0.15) is 5.10 Å². The van der Waals surface area contributed by atoms with Gasteiger partial charge in [0.1, 0.15) is 22.2 Å². The zero-order valence-corrected chi connectivity index (χ0v) is 15.8. The molecular weight excluding hydrogens is 469 g/mol. The van der Waals surface area contributed by atoms with Gasteiger partial charge in [0.15, 0.2) is 15.5 Å². The summed E-state index contributed by atoms with van der Waals surface area (Å²) in [7, 11) is -4.00. The number of alkyl halides is 3. The first-order valence-corrected chi connectivity index (χ1v) is 9.42. The minimum absolute atomic E-state index is 0.0606. The quantitative estimate of drug-likeness (QED) is 0.695. The van der Waals surface area contributed by atoms with Crippen molar-refractivity contribution < 1.29 is 31.1 Å². The van der Waals surface area contributed by atoms with Crippen LogP contribution in [0.4, 0.5) is 19.0 Å². The minimum Gasteiger partial charge on any atom is -0.406 e. The van der Waals surface area contributed by atoms with Crippen LogP contribution in [-0.2, 0) is 9.84 Å². The molecule has 14 heteroatoms. The molecule has 0 aliphatic heterocycles. The minimum atomic E-state index is -4.95. The molecule has 4 N–H and O–H groups in total. The number of sulfone groups is 1. The molecule has 0 spiro atoms. The zero-order chi connectivity index (χ0) is 20.0. The average Bonchev–Trinajstić information content (AvgIpc) is 2.73. The molecule has 0 radical (unpaired) electrons. The van der Waals surface area contributed by atoms with Crippen LogP contribution in [0.25, 0.3) is 5.69 Å². The smallest absolute Gasteiger partial charge is 0.406 e. The Kier molecular flexibility index (Phi) is 5.18. The number of carbonyl (C=O) groups is 1. The van der Waals surface area contributed by atoms with Crippen LogP contribution in [0.15, 0.2) is 21.5 Å². The van der Waals surface area contributed by atoms with Crippen molar-refractivity contribution in [1.29, 1.82) is 0 Å². The second-order valence-electron chi connectivity index (χ2n) is 4.89. The first kappa shape index (κ1) is 20.3. The van der Waals surface area contributed by atoms with Gasteiger partial charge in [-0.05, 0) is 22.0 Å². The van der Waals surface area contributed by atoms with Crippen LogP contribution in [0.2, 0.25) is 5.02 Å². The normalized spacial score (nSPS) is 12.2. The van der Waals surface area contributed by atoms with Gasteiger partial charge < -0.3 is 16.2 Å². The van der Waals surface area contributed by atoms with Gasteiger partial charge in [0.2, 0.25) is 0 Å². The predicted molar refractivity (Wildman–Crippen MR) is 89.0 cm³/mol. The van der Waals surface area contributed by atoms with Gasteiger partial charge in [-0.15, -0.1) is 13.2 Å². The molecule has 0 fully saturated rings. The maximum absolute atomic E-state index is 12.3. The maximum atomic E-state index is 12.3. The fourth-order valence-electron chi connectivity index (χ4n) is 2.05. The Hall–Kier alpha value is -1.99. The number of ether oxygens (including phenoxy) is 1. The van der Waals surface area contributed by atoms with E-state index in [1.807, 2.05) is 0 Å². The van der Waals surface area contributed by atoms with Crippen LogP contribution < -0.4 is 16.2 Å². The summed E-state index contributed by atoms with van der Waals surface area (Å²) in [5.41, 5.74) is 10.1. The molecule has 1 aromatic heterocycles. The van der Waals surface area contributed by atoms with Crippen molar-refractivity contribution >= 4 is 49.1 Å². The summed E-state index contributed by atoms with van der Waals surface area (Å²) in [6, 6.07) is 1.74. The molecule has 0 saturated heterocycles. The number of hydrogen-bond donors (Lipinski definition) is 2. The second-order valence-corrected chi connectivity index (χ2v) is 8.11. The van der Waals surface area contributed by atoms with E-state index in [0.717, 1.165) is 23.1 Å². The van der Waals surface area contributed by atoms with E-state index in [0.29, 0.717) is 0 Å². The molecular formula is C12H9BrClF3N4O4S. The number of aromatic nitrogens is 2. The molecule has 0 atom stereocenters. The van der Waals surface area contributed by atoms with Crippen molar-refractivity contribution in [2.24, 2.45) is 5.73 Å². The third-order valence-electron chi connectivity index (χ3n) is 2.92. The van der Waals surface area contributed by atoms with E-state index in [9.17, 15) is 26.4 Å². The van der Waals surface area contributed by atoms with Crippen molar-refractivity contribution in [2.75, 3.05) is 12.0 Å². The predicted octanol–water partition coefficient (Wildman–Crippen LogP) is 2.27. The topological polar surface area (TPSA) is 130 Å². The van der Waals surface area contributed by atoms with Crippen molar-refractivity contribution in [3.63, 3.8) is 0 Å². The highest BCUT2D eigenvalue weighted by molar-refractivity contribution is 9.10. The van der Waals surface area contributed by atoms with Crippen molar-refractivity contribution in [1.82, 2.24) is 9.78 Å². The van der Waals surface area contributed by atoms with Crippen LogP contribution in [0.3, 0.4) is 0 Å². The molecule has 1 amide bonds. The van der Waals surface area contributed by atoms with Gasteiger partial charge in [-0.3, -0.25) is 4.79 Å². The second kappa shape index (κ2) is 6.63. The lowest BCUT2D eigenvalue weighted by atomic mass is 10.3. The first-order valence-electron chi connectivity index (χ1n) is 6.36. The molecule has 0 bridgehead atoms. The number of benzene rings is 1. The number of halogens is 5. The number of anilines is 1. The SMILES string of the molecule is CS(=O)(=O)c1c(C(N)=O)nn(-c2c(Cl)cc(OC(F)(F)F)cc2Br)c1N. The highest BCUT2D eigenvalue weighted by atomic mass is 79.9. The highest BCUT2D eigenvalue weighted by Crippen LogP contribution is 2.38. The van der Waals surface area contributed by atoms with Gasteiger partial charge in [0.05, 0.1) is 5.02 Å². The monoisotopic (exact) mass is 476 g/mol. The van der Waals surface area contributed by atoms with Gasteiger partial charge >= 0.3 is 6.36 Å². The summed E-state index contributed by atoms with van der Waals surface area (Å²) in [5.74, 6) is -2.30. The van der Waals surface area contributed by atoms with E-state index < -0.39 is 44.3 Å². The van der Waals surface area contributed by atoms with E-state index in [1.54, 1.807) is 0 Å². The first-order chi connectivity index (χ1) is 11.7. The third kappa shape index (κ3) is 4.04. The number of rotatable bonds is 4. The molecule has 0 saturated carbocycles. The Morgan fingerprint density at radius 1 is 1.38 bits per heavy atom. The standard InChI is InChI=1S/C12H9BrClF3N4O4S/c1-26(23,24)9-7(11(19)22)20-21(10(9)18)8-5(13)2-4(3-6(8)14)25-12(15,16)17/h2-3H,18H2,1H3,(H2,19,22). The molecule has 0 unspecified atom stereocenters.